The zero-order valence-electron chi connectivity index (χ0n) is 10.7. The highest BCUT2D eigenvalue weighted by Gasteiger charge is 2.05. The highest BCUT2D eigenvalue weighted by Crippen LogP contribution is 2.28. The third-order valence-electron chi connectivity index (χ3n) is 3.06. The standard InChI is InChI=1S/C16H13N2O2/c17-14-9-3-4-10-15(14)18(19)20-16-11-5-7-12-6-1-2-8-13(12)16/h1-11H,17H2/q-1. The van der Waals surface area contributed by atoms with Crippen molar-refractivity contribution in [1.29, 1.82) is 0 Å². The van der Waals surface area contributed by atoms with E-state index in [2.05, 4.69) is 0 Å². The van der Waals surface area contributed by atoms with Crippen molar-refractivity contribution in [3.63, 3.8) is 0 Å². The van der Waals surface area contributed by atoms with Crippen molar-refractivity contribution < 1.29 is 4.84 Å². The van der Waals surface area contributed by atoms with Crippen LogP contribution in [0.25, 0.3) is 10.8 Å². The molecule has 0 atom stereocenters. The minimum atomic E-state index is 0.292. The molecule has 0 spiro atoms. The van der Waals surface area contributed by atoms with Crippen LogP contribution in [-0.4, -0.2) is 0 Å². The normalized spacial score (nSPS) is 10.4. The summed E-state index contributed by atoms with van der Waals surface area (Å²) in [4.78, 5) is 5.39. The molecule has 0 aliphatic rings. The molecule has 0 aliphatic heterocycles. The molecule has 0 aromatic heterocycles. The van der Waals surface area contributed by atoms with Gasteiger partial charge >= 0.3 is 0 Å². The summed E-state index contributed by atoms with van der Waals surface area (Å²) >= 11 is 0. The summed E-state index contributed by atoms with van der Waals surface area (Å²) < 4.78 is 0. The minimum absolute atomic E-state index is 0.292. The molecule has 0 fully saturated rings. The number of anilines is 2. The summed E-state index contributed by atoms with van der Waals surface area (Å²) in [6, 6.07) is 20.1. The van der Waals surface area contributed by atoms with Crippen molar-refractivity contribution in [3.8, 4) is 5.75 Å². The monoisotopic (exact) mass is 265 g/mol. The number of nitrogen functional groups attached to an aromatic ring is 1. The van der Waals surface area contributed by atoms with Gasteiger partial charge in [-0.05, 0) is 23.6 Å². The van der Waals surface area contributed by atoms with Crippen LogP contribution in [0.15, 0.2) is 66.7 Å². The van der Waals surface area contributed by atoms with Gasteiger partial charge in [-0.3, -0.25) is 5.23 Å². The first-order valence-corrected chi connectivity index (χ1v) is 6.23. The van der Waals surface area contributed by atoms with Gasteiger partial charge in [0.1, 0.15) is 0 Å². The first-order valence-electron chi connectivity index (χ1n) is 6.23. The molecule has 4 heteroatoms. The Morgan fingerprint density at radius 2 is 1.55 bits per heavy atom. The maximum Gasteiger partial charge on any atom is 0.162 e. The SMILES string of the molecule is Nc1ccccc1N([O-])Oc1cccc2ccccc12. The van der Waals surface area contributed by atoms with Crippen LogP contribution in [0.3, 0.4) is 0 Å². The molecular formula is C16H13N2O2-. The van der Waals surface area contributed by atoms with Crippen LogP contribution >= 0.6 is 0 Å². The van der Waals surface area contributed by atoms with Crippen LogP contribution in [0.2, 0.25) is 0 Å². The topological polar surface area (TPSA) is 61.5 Å². The Hall–Kier alpha value is -2.72. The minimum Gasteiger partial charge on any atom is -0.724 e. The second-order valence-corrected chi connectivity index (χ2v) is 4.38. The molecule has 3 aromatic rings. The molecule has 4 nitrogen and oxygen atoms in total. The summed E-state index contributed by atoms with van der Waals surface area (Å²) in [6.07, 6.45) is 0. The van der Waals surface area contributed by atoms with E-state index >= 15 is 0 Å². The lowest BCUT2D eigenvalue weighted by molar-refractivity contribution is 0.324. The number of rotatable bonds is 3. The molecule has 2 N–H and O–H groups in total. The van der Waals surface area contributed by atoms with Crippen molar-refractivity contribution in [1.82, 2.24) is 0 Å². The fourth-order valence-corrected chi connectivity index (χ4v) is 2.07. The Morgan fingerprint density at radius 3 is 2.40 bits per heavy atom. The summed E-state index contributed by atoms with van der Waals surface area (Å²) in [7, 11) is 0. The second kappa shape index (κ2) is 5.11. The van der Waals surface area contributed by atoms with Crippen LogP contribution in [0.1, 0.15) is 0 Å². The molecule has 100 valence electrons. The third-order valence-corrected chi connectivity index (χ3v) is 3.06. The van der Waals surface area contributed by atoms with E-state index in [-0.39, 0.29) is 0 Å². The molecule has 0 heterocycles. The van der Waals surface area contributed by atoms with E-state index in [1.54, 1.807) is 30.3 Å². The molecule has 3 aromatic carbocycles. The summed E-state index contributed by atoms with van der Waals surface area (Å²) in [6.45, 7) is 0. The van der Waals surface area contributed by atoms with Crippen LogP contribution in [0.4, 0.5) is 11.4 Å². The molecule has 0 amide bonds. The van der Waals surface area contributed by atoms with Crippen LogP contribution in [0.5, 0.6) is 5.75 Å². The smallest absolute Gasteiger partial charge is 0.162 e. The maximum atomic E-state index is 12.1. The number of hydrogen-bond acceptors (Lipinski definition) is 4. The predicted molar refractivity (Wildman–Crippen MR) is 81.3 cm³/mol. The van der Waals surface area contributed by atoms with Gasteiger partial charge in [0.05, 0.1) is 11.4 Å². The summed E-state index contributed by atoms with van der Waals surface area (Å²) in [5.74, 6) is 0.501. The zero-order valence-corrected chi connectivity index (χ0v) is 10.7. The fraction of sp³-hybridized carbons (Fsp3) is 0. The van der Waals surface area contributed by atoms with Crippen LogP contribution in [0, 0.1) is 5.21 Å². The molecule has 0 unspecified atom stereocenters. The van der Waals surface area contributed by atoms with E-state index in [9.17, 15) is 5.21 Å². The Balaban J connectivity index is 1.96. The van der Waals surface area contributed by atoms with Gasteiger partial charge in [0.15, 0.2) is 5.75 Å². The Morgan fingerprint density at radius 1 is 0.850 bits per heavy atom. The number of nitrogens with two attached hydrogens (primary N) is 1. The van der Waals surface area contributed by atoms with Crippen molar-refractivity contribution >= 4 is 22.1 Å². The van der Waals surface area contributed by atoms with Gasteiger partial charge in [-0.25, -0.2) is 0 Å². The fourth-order valence-electron chi connectivity index (χ4n) is 2.07. The first-order chi connectivity index (χ1) is 9.75. The number of nitrogens with zero attached hydrogens (tertiary/aromatic N) is 1. The van der Waals surface area contributed by atoms with Gasteiger partial charge in [-0.1, -0.05) is 48.5 Å². The zero-order chi connectivity index (χ0) is 13.9. The number of hydrogen-bond donors (Lipinski definition) is 1. The Labute approximate surface area is 116 Å². The summed E-state index contributed by atoms with van der Waals surface area (Å²) in [5, 5.41) is 14.4. The number of fused-ring (bicyclic) bond motifs is 1. The average molecular weight is 265 g/mol. The largest absolute Gasteiger partial charge is 0.724 e. The van der Waals surface area contributed by atoms with Gasteiger partial charge in [-0.2, -0.15) is 0 Å². The third kappa shape index (κ3) is 2.24. The highest BCUT2D eigenvalue weighted by molar-refractivity contribution is 5.88. The van der Waals surface area contributed by atoms with E-state index in [1.165, 1.54) is 0 Å². The maximum absolute atomic E-state index is 12.1. The van der Waals surface area contributed by atoms with E-state index in [4.69, 9.17) is 10.6 Å². The molecule has 0 saturated carbocycles. The van der Waals surface area contributed by atoms with Gasteiger partial charge in [0, 0.05) is 5.39 Å². The molecule has 0 saturated heterocycles. The summed E-state index contributed by atoms with van der Waals surface area (Å²) in [5.41, 5.74) is 6.44. The highest BCUT2D eigenvalue weighted by atomic mass is 16.9. The van der Waals surface area contributed by atoms with Gasteiger partial charge in [0.25, 0.3) is 0 Å². The lowest BCUT2D eigenvalue weighted by atomic mass is 10.1. The number of benzene rings is 3. The lowest BCUT2D eigenvalue weighted by Crippen LogP contribution is -2.20. The van der Waals surface area contributed by atoms with Gasteiger partial charge < -0.3 is 15.8 Å². The average Bonchev–Trinajstić information content (AvgIpc) is 2.48. The van der Waals surface area contributed by atoms with Crippen LogP contribution in [-0.2, 0) is 0 Å². The Kier molecular flexibility index (Phi) is 3.15. The van der Waals surface area contributed by atoms with Crippen molar-refractivity contribution in [2.75, 3.05) is 11.0 Å². The van der Waals surface area contributed by atoms with E-state index in [1.807, 2.05) is 36.4 Å². The quantitative estimate of drug-likeness (QED) is 0.579. The van der Waals surface area contributed by atoms with Gasteiger partial charge in [-0.15, -0.1) is 0 Å². The lowest BCUT2D eigenvalue weighted by Gasteiger charge is -2.30. The molecule has 0 radical (unpaired) electrons. The molecule has 0 aliphatic carbocycles. The Bertz CT molecular complexity index is 738. The van der Waals surface area contributed by atoms with E-state index in [0.717, 1.165) is 10.8 Å². The van der Waals surface area contributed by atoms with E-state index in [0.29, 0.717) is 22.4 Å². The second-order valence-electron chi connectivity index (χ2n) is 4.38. The molecule has 3 rings (SSSR count). The van der Waals surface area contributed by atoms with Gasteiger partial charge in [0.2, 0.25) is 0 Å². The first kappa shape index (κ1) is 12.3. The van der Waals surface area contributed by atoms with E-state index < -0.39 is 0 Å². The molecule has 20 heavy (non-hydrogen) atoms. The van der Waals surface area contributed by atoms with Crippen molar-refractivity contribution in [2.45, 2.75) is 0 Å². The van der Waals surface area contributed by atoms with Crippen LogP contribution < -0.4 is 15.8 Å². The molecular weight excluding hydrogens is 252 g/mol. The van der Waals surface area contributed by atoms with Crippen molar-refractivity contribution in [3.05, 3.63) is 71.9 Å². The molecule has 0 bridgehead atoms. The predicted octanol–water partition coefficient (Wildman–Crippen LogP) is 3.72. The van der Waals surface area contributed by atoms with Crippen molar-refractivity contribution in [2.24, 2.45) is 0 Å². The number of para-hydroxylation sites is 2.